The molecule has 1 saturated carbocycles. The Morgan fingerprint density at radius 3 is 2.73 bits per heavy atom. The highest BCUT2D eigenvalue weighted by Crippen LogP contribution is 2.39. The Labute approximate surface area is 134 Å². The van der Waals surface area contributed by atoms with Crippen LogP contribution in [0.1, 0.15) is 51.4 Å². The van der Waals surface area contributed by atoms with Crippen molar-refractivity contribution < 1.29 is 9.53 Å². The van der Waals surface area contributed by atoms with Gasteiger partial charge >= 0.3 is 6.03 Å². The first-order valence-corrected chi connectivity index (χ1v) is 8.95. The van der Waals surface area contributed by atoms with Crippen molar-refractivity contribution >= 4 is 6.03 Å². The molecule has 2 saturated heterocycles. The number of carbonyl (C=O) groups excluding carboxylic acids is 1. The predicted octanol–water partition coefficient (Wildman–Crippen LogP) is 2.21. The topological polar surface area (TPSA) is 44.8 Å². The quantitative estimate of drug-likeness (QED) is 0.869. The number of amides is 2. The molecule has 22 heavy (non-hydrogen) atoms. The van der Waals surface area contributed by atoms with Gasteiger partial charge in [0.05, 0.1) is 11.7 Å². The van der Waals surface area contributed by atoms with Crippen LogP contribution in [0.4, 0.5) is 4.79 Å². The number of urea groups is 1. The normalized spacial score (nSPS) is 33.5. The van der Waals surface area contributed by atoms with E-state index in [4.69, 9.17) is 4.74 Å². The Bertz CT molecular complexity index is 395. The molecule has 3 fully saturated rings. The third-order valence-corrected chi connectivity index (χ3v) is 5.65. The number of carbonyl (C=O) groups is 1. The average molecular weight is 309 g/mol. The smallest absolute Gasteiger partial charge is 0.316 e. The van der Waals surface area contributed by atoms with Crippen molar-refractivity contribution in [2.24, 2.45) is 0 Å². The molecular weight excluding hydrogens is 278 g/mol. The number of likely N-dealkylation sites (tertiary alicyclic amines) is 1. The van der Waals surface area contributed by atoms with E-state index in [2.05, 4.69) is 10.2 Å². The summed E-state index contributed by atoms with van der Waals surface area (Å²) in [4.78, 5) is 15.9. The molecule has 2 aliphatic heterocycles. The molecule has 0 radical (unpaired) electrons. The molecule has 0 bridgehead atoms. The number of rotatable bonds is 3. The molecule has 5 heteroatoms. The van der Waals surface area contributed by atoms with Gasteiger partial charge in [0.1, 0.15) is 0 Å². The summed E-state index contributed by atoms with van der Waals surface area (Å²) in [5, 5.41) is 2.97. The third-order valence-electron chi connectivity index (χ3n) is 5.65. The monoisotopic (exact) mass is 309 g/mol. The summed E-state index contributed by atoms with van der Waals surface area (Å²) in [6, 6.07) is 0.777. The maximum atomic E-state index is 11.7. The molecule has 1 N–H and O–H groups in total. The van der Waals surface area contributed by atoms with Gasteiger partial charge in [-0.05, 0) is 38.5 Å². The zero-order valence-electron chi connectivity index (χ0n) is 14.1. The van der Waals surface area contributed by atoms with Crippen molar-refractivity contribution in [1.29, 1.82) is 0 Å². The molecule has 5 nitrogen and oxygen atoms in total. The van der Waals surface area contributed by atoms with Crippen LogP contribution in [0.2, 0.25) is 0 Å². The van der Waals surface area contributed by atoms with E-state index in [1.807, 2.05) is 0 Å². The van der Waals surface area contributed by atoms with E-state index < -0.39 is 0 Å². The van der Waals surface area contributed by atoms with Gasteiger partial charge in [-0.25, -0.2) is 4.79 Å². The fraction of sp³-hybridized carbons (Fsp3) is 0.941. The molecule has 3 aliphatic rings. The second-order valence-corrected chi connectivity index (χ2v) is 7.55. The van der Waals surface area contributed by atoms with Crippen LogP contribution in [0.25, 0.3) is 0 Å². The zero-order chi connectivity index (χ0) is 15.6. The van der Waals surface area contributed by atoms with Gasteiger partial charge in [-0.3, -0.25) is 4.90 Å². The molecule has 0 unspecified atom stereocenters. The third kappa shape index (κ3) is 3.57. The molecule has 2 atom stereocenters. The Morgan fingerprint density at radius 1 is 1.23 bits per heavy atom. The molecule has 2 heterocycles. The summed E-state index contributed by atoms with van der Waals surface area (Å²) in [7, 11) is 3.55. The lowest BCUT2D eigenvalue weighted by atomic mass is 9.90. The average Bonchev–Trinajstić information content (AvgIpc) is 3.15. The van der Waals surface area contributed by atoms with Crippen LogP contribution in [0.5, 0.6) is 0 Å². The summed E-state index contributed by atoms with van der Waals surface area (Å²) < 4.78 is 6.48. The minimum absolute atomic E-state index is 0.0257. The summed E-state index contributed by atoms with van der Waals surface area (Å²) in [6.07, 6.45) is 10.4. The van der Waals surface area contributed by atoms with Gasteiger partial charge in [0.25, 0.3) is 0 Å². The lowest BCUT2D eigenvalue weighted by molar-refractivity contribution is -0.119. The van der Waals surface area contributed by atoms with Crippen molar-refractivity contribution in [2.75, 3.05) is 33.7 Å². The minimum Gasteiger partial charge on any atom is -0.369 e. The molecule has 3 rings (SSSR count). The number of hydrogen-bond donors (Lipinski definition) is 1. The lowest BCUT2D eigenvalue weighted by Gasteiger charge is -2.39. The number of nitrogens with one attached hydrogen (secondary N) is 1. The van der Waals surface area contributed by atoms with E-state index in [-0.39, 0.29) is 17.7 Å². The van der Waals surface area contributed by atoms with Crippen molar-refractivity contribution in [3.8, 4) is 0 Å². The summed E-state index contributed by atoms with van der Waals surface area (Å²) in [5.74, 6) is 0. The minimum atomic E-state index is -0.0257. The first-order valence-electron chi connectivity index (χ1n) is 8.95. The fourth-order valence-corrected chi connectivity index (χ4v) is 4.38. The predicted molar refractivity (Wildman–Crippen MR) is 87.0 cm³/mol. The molecule has 0 aromatic rings. The van der Waals surface area contributed by atoms with E-state index in [0.717, 1.165) is 19.0 Å². The Hall–Kier alpha value is -0.810. The Morgan fingerprint density at radius 2 is 2.00 bits per heavy atom. The molecule has 1 spiro atoms. The van der Waals surface area contributed by atoms with Crippen LogP contribution >= 0.6 is 0 Å². The van der Waals surface area contributed by atoms with Gasteiger partial charge in [0.2, 0.25) is 0 Å². The summed E-state index contributed by atoms with van der Waals surface area (Å²) in [5.41, 5.74) is 0.0638. The highest BCUT2D eigenvalue weighted by Gasteiger charge is 2.44. The Kier molecular flexibility index (Phi) is 4.93. The molecule has 2 amide bonds. The maximum Gasteiger partial charge on any atom is 0.316 e. The second-order valence-electron chi connectivity index (χ2n) is 7.55. The van der Waals surface area contributed by atoms with Gasteiger partial charge in [-0.15, -0.1) is 0 Å². The number of ether oxygens (including phenoxy) is 1. The number of hydrogen-bond acceptors (Lipinski definition) is 3. The Balaban J connectivity index is 1.51. The highest BCUT2D eigenvalue weighted by molar-refractivity contribution is 5.73. The van der Waals surface area contributed by atoms with Crippen LogP contribution in [0.15, 0.2) is 0 Å². The first-order chi connectivity index (χ1) is 10.6. The van der Waals surface area contributed by atoms with Crippen molar-refractivity contribution in [3.05, 3.63) is 0 Å². The molecular formula is C17H31N3O2. The largest absolute Gasteiger partial charge is 0.369 e. The zero-order valence-corrected chi connectivity index (χ0v) is 14.1. The van der Waals surface area contributed by atoms with Crippen LogP contribution in [0.3, 0.4) is 0 Å². The van der Waals surface area contributed by atoms with Gasteiger partial charge in [0.15, 0.2) is 0 Å². The van der Waals surface area contributed by atoms with E-state index >= 15 is 0 Å². The van der Waals surface area contributed by atoms with E-state index in [9.17, 15) is 4.79 Å². The molecule has 0 aromatic heterocycles. The van der Waals surface area contributed by atoms with Gasteiger partial charge in [0, 0.05) is 39.8 Å². The van der Waals surface area contributed by atoms with Gasteiger partial charge in [-0.2, -0.15) is 0 Å². The van der Waals surface area contributed by atoms with Crippen molar-refractivity contribution in [3.63, 3.8) is 0 Å². The second kappa shape index (κ2) is 6.75. The molecule has 0 aromatic carbocycles. The summed E-state index contributed by atoms with van der Waals surface area (Å²) >= 11 is 0. The maximum absolute atomic E-state index is 11.7. The van der Waals surface area contributed by atoms with Crippen molar-refractivity contribution in [1.82, 2.24) is 15.1 Å². The summed E-state index contributed by atoms with van der Waals surface area (Å²) in [6.45, 7) is 2.94. The standard InChI is InChI=1S/C17H31N3O2/c1-19(2)16(21)18-12-15-8-5-9-17(22-15)10-11-20(13-17)14-6-3-4-7-14/h14-15H,3-13H2,1-2H3,(H,18,21)/t15-,17-/m1/s1. The van der Waals surface area contributed by atoms with Crippen molar-refractivity contribution in [2.45, 2.75) is 69.1 Å². The highest BCUT2D eigenvalue weighted by atomic mass is 16.5. The van der Waals surface area contributed by atoms with Gasteiger partial charge < -0.3 is 15.0 Å². The van der Waals surface area contributed by atoms with E-state index in [1.54, 1.807) is 19.0 Å². The van der Waals surface area contributed by atoms with E-state index in [0.29, 0.717) is 6.54 Å². The van der Waals surface area contributed by atoms with Crippen LogP contribution in [0, 0.1) is 0 Å². The number of nitrogens with zero attached hydrogens (tertiary/aromatic N) is 2. The van der Waals surface area contributed by atoms with Gasteiger partial charge in [-0.1, -0.05) is 12.8 Å². The van der Waals surface area contributed by atoms with Crippen LogP contribution in [-0.2, 0) is 4.74 Å². The first kappa shape index (κ1) is 16.1. The van der Waals surface area contributed by atoms with Crippen LogP contribution in [-0.4, -0.2) is 67.3 Å². The fourth-order valence-electron chi connectivity index (χ4n) is 4.38. The molecule has 126 valence electrons. The molecule has 1 aliphatic carbocycles. The van der Waals surface area contributed by atoms with Crippen LogP contribution < -0.4 is 5.32 Å². The lowest BCUT2D eigenvalue weighted by Crippen LogP contribution is -2.48. The SMILES string of the molecule is CN(C)C(=O)NC[C@H]1CCC[C@]2(CCN(C3CCCC3)C2)O1. The van der Waals surface area contributed by atoms with E-state index in [1.165, 1.54) is 51.5 Å².